The number of rotatable bonds is 5. The summed E-state index contributed by atoms with van der Waals surface area (Å²) in [4.78, 5) is 22.7. The molecule has 0 amide bonds. The van der Waals surface area contributed by atoms with Crippen molar-refractivity contribution in [2.75, 3.05) is 0 Å². The normalized spacial score (nSPS) is 11.8. The van der Waals surface area contributed by atoms with Crippen LogP contribution < -0.4 is 0 Å². The zero-order valence-electron chi connectivity index (χ0n) is 10.6. The van der Waals surface area contributed by atoms with Gasteiger partial charge in [-0.05, 0) is 35.1 Å². The average molecular weight is 322 g/mol. The third-order valence-electron chi connectivity index (χ3n) is 2.58. The first-order chi connectivity index (χ1) is 10.0. The molecular weight excluding hydrogens is 312 g/mol. The monoisotopic (exact) mass is 322 g/mol. The number of benzene rings is 2. The minimum Gasteiger partial charge on any atom is -0.478 e. The van der Waals surface area contributed by atoms with Gasteiger partial charge in [0.05, 0.1) is 16.0 Å². The lowest BCUT2D eigenvalue weighted by Gasteiger charge is -2.07. The SMILES string of the molecule is O=C(O)c1ccccc1SS(=O)c1ccccc1C(=O)O. The van der Waals surface area contributed by atoms with Crippen LogP contribution in [0, 0.1) is 0 Å². The van der Waals surface area contributed by atoms with Crippen LogP contribution in [0.5, 0.6) is 0 Å². The molecule has 108 valence electrons. The van der Waals surface area contributed by atoms with Gasteiger partial charge in [-0.15, -0.1) is 0 Å². The maximum Gasteiger partial charge on any atom is 0.336 e. The molecule has 5 nitrogen and oxygen atoms in total. The Bertz CT molecular complexity index is 727. The molecular formula is C14H10O5S2. The van der Waals surface area contributed by atoms with Crippen molar-refractivity contribution < 1.29 is 24.0 Å². The molecule has 7 heteroatoms. The fourth-order valence-corrected chi connectivity index (χ4v) is 4.42. The molecule has 2 N–H and O–H groups in total. The zero-order chi connectivity index (χ0) is 15.4. The molecule has 0 spiro atoms. The van der Waals surface area contributed by atoms with E-state index in [1.165, 1.54) is 24.3 Å². The molecule has 2 rings (SSSR count). The lowest BCUT2D eigenvalue weighted by molar-refractivity contribution is 0.0682. The van der Waals surface area contributed by atoms with Gasteiger partial charge in [0.2, 0.25) is 0 Å². The number of carboxylic acid groups (broad SMARTS) is 2. The molecule has 1 unspecified atom stereocenters. The molecule has 0 saturated heterocycles. The van der Waals surface area contributed by atoms with Gasteiger partial charge in [0.1, 0.15) is 9.83 Å². The van der Waals surface area contributed by atoms with Crippen molar-refractivity contribution >= 4 is 32.6 Å². The Kier molecular flexibility index (Phi) is 4.77. The Hall–Kier alpha value is -2.12. The Balaban J connectivity index is 2.36. The van der Waals surface area contributed by atoms with E-state index in [1.54, 1.807) is 24.3 Å². The van der Waals surface area contributed by atoms with Crippen LogP contribution >= 0.6 is 10.8 Å². The number of hydrogen-bond donors (Lipinski definition) is 2. The van der Waals surface area contributed by atoms with Crippen LogP contribution in [-0.4, -0.2) is 26.4 Å². The van der Waals surface area contributed by atoms with Gasteiger partial charge in [0, 0.05) is 4.90 Å². The van der Waals surface area contributed by atoms with Crippen molar-refractivity contribution in [3.8, 4) is 0 Å². The van der Waals surface area contributed by atoms with Crippen LogP contribution in [0.1, 0.15) is 20.7 Å². The fourth-order valence-electron chi connectivity index (χ4n) is 1.63. The molecule has 0 bridgehead atoms. The van der Waals surface area contributed by atoms with Crippen molar-refractivity contribution in [1.29, 1.82) is 0 Å². The minimum atomic E-state index is -1.72. The third-order valence-corrected chi connectivity index (χ3v) is 5.51. The van der Waals surface area contributed by atoms with E-state index in [0.29, 0.717) is 4.90 Å². The highest BCUT2D eigenvalue weighted by Gasteiger charge is 2.18. The van der Waals surface area contributed by atoms with Gasteiger partial charge in [-0.3, -0.25) is 0 Å². The molecule has 0 aliphatic rings. The third kappa shape index (κ3) is 3.50. The first kappa shape index (κ1) is 15.3. The van der Waals surface area contributed by atoms with Crippen molar-refractivity contribution in [2.24, 2.45) is 0 Å². The first-order valence-corrected chi connectivity index (χ1v) is 8.23. The summed E-state index contributed by atoms with van der Waals surface area (Å²) >= 11 is 0. The highest BCUT2D eigenvalue weighted by molar-refractivity contribution is 8.69. The lowest BCUT2D eigenvalue weighted by Crippen LogP contribution is -2.03. The van der Waals surface area contributed by atoms with Crippen molar-refractivity contribution in [2.45, 2.75) is 9.79 Å². The molecule has 0 aromatic heterocycles. The Labute approximate surface area is 126 Å². The second-order valence-electron chi connectivity index (χ2n) is 3.92. The average Bonchev–Trinajstić information content (AvgIpc) is 2.47. The first-order valence-electron chi connectivity index (χ1n) is 5.75. The largest absolute Gasteiger partial charge is 0.478 e. The molecule has 0 aliphatic carbocycles. The van der Waals surface area contributed by atoms with E-state index < -0.39 is 21.8 Å². The minimum absolute atomic E-state index is 0.0312. The van der Waals surface area contributed by atoms with Gasteiger partial charge in [-0.1, -0.05) is 24.3 Å². The van der Waals surface area contributed by atoms with Crippen LogP contribution in [0.25, 0.3) is 0 Å². The van der Waals surface area contributed by atoms with Gasteiger partial charge < -0.3 is 10.2 Å². The van der Waals surface area contributed by atoms with Crippen molar-refractivity contribution in [3.05, 3.63) is 59.7 Å². The summed E-state index contributed by atoms with van der Waals surface area (Å²) in [5.41, 5.74) is -0.0280. The summed E-state index contributed by atoms with van der Waals surface area (Å²) in [6.07, 6.45) is 0. The summed E-state index contributed by atoms with van der Waals surface area (Å²) < 4.78 is 12.3. The van der Waals surface area contributed by atoms with Crippen molar-refractivity contribution in [3.63, 3.8) is 0 Å². The quantitative estimate of drug-likeness (QED) is 0.822. The molecule has 0 heterocycles. The Morgan fingerprint density at radius 1 is 0.857 bits per heavy atom. The predicted molar refractivity (Wildman–Crippen MR) is 79.1 cm³/mol. The lowest BCUT2D eigenvalue weighted by atomic mass is 10.2. The maximum absolute atomic E-state index is 12.3. The van der Waals surface area contributed by atoms with Crippen LogP contribution in [0.4, 0.5) is 0 Å². The predicted octanol–water partition coefficient (Wildman–Crippen LogP) is 2.90. The Morgan fingerprint density at radius 2 is 1.38 bits per heavy atom. The zero-order valence-corrected chi connectivity index (χ0v) is 12.2. The molecule has 2 aromatic carbocycles. The fraction of sp³-hybridized carbons (Fsp3) is 0. The molecule has 0 fully saturated rings. The summed E-state index contributed by atoms with van der Waals surface area (Å²) in [7, 11) is -0.910. The van der Waals surface area contributed by atoms with Gasteiger partial charge in [0.15, 0.2) is 0 Å². The summed E-state index contributed by atoms with van der Waals surface area (Å²) in [6, 6.07) is 12.1. The van der Waals surface area contributed by atoms with Crippen LogP contribution in [0.2, 0.25) is 0 Å². The summed E-state index contributed by atoms with van der Waals surface area (Å²) in [6.45, 7) is 0. The number of carbonyl (C=O) groups is 2. The molecule has 2 aromatic rings. The van der Waals surface area contributed by atoms with E-state index in [9.17, 15) is 13.8 Å². The summed E-state index contributed by atoms with van der Waals surface area (Å²) in [5, 5.41) is 18.2. The van der Waals surface area contributed by atoms with Gasteiger partial charge in [-0.25, -0.2) is 13.8 Å². The van der Waals surface area contributed by atoms with Gasteiger partial charge in [-0.2, -0.15) is 0 Å². The second kappa shape index (κ2) is 6.55. The highest BCUT2D eigenvalue weighted by atomic mass is 33.1. The second-order valence-corrected chi connectivity index (χ2v) is 6.84. The number of hydrogen-bond acceptors (Lipinski definition) is 4. The number of aromatic carboxylic acids is 2. The van der Waals surface area contributed by atoms with E-state index in [1.807, 2.05) is 0 Å². The topological polar surface area (TPSA) is 91.7 Å². The van der Waals surface area contributed by atoms with E-state index in [2.05, 4.69) is 0 Å². The number of carboxylic acids is 2. The molecule has 0 aliphatic heterocycles. The Morgan fingerprint density at radius 3 is 2.00 bits per heavy atom. The standard InChI is InChI=1S/C14H10O5S2/c15-13(16)9-5-1-3-7-11(9)20-21(19)12-8-4-2-6-10(12)14(17)18/h1-8H,(H,15,16)(H,17,18). The van der Waals surface area contributed by atoms with Gasteiger partial charge >= 0.3 is 11.9 Å². The molecule has 0 saturated carbocycles. The van der Waals surface area contributed by atoms with E-state index >= 15 is 0 Å². The smallest absolute Gasteiger partial charge is 0.336 e. The van der Waals surface area contributed by atoms with Crippen LogP contribution in [-0.2, 0) is 9.83 Å². The van der Waals surface area contributed by atoms with Crippen LogP contribution in [0.15, 0.2) is 58.3 Å². The van der Waals surface area contributed by atoms with Gasteiger partial charge in [0.25, 0.3) is 0 Å². The van der Waals surface area contributed by atoms with E-state index in [-0.39, 0.29) is 16.0 Å². The molecule has 21 heavy (non-hydrogen) atoms. The maximum atomic E-state index is 12.3. The van der Waals surface area contributed by atoms with Crippen molar-refractivity contribution in [1.82, 2.24) is 0 Å². The van der Waals surface area contributed by atoms with Crippen LogP contribution in [0.3, 0.4) is 0 Å². The van der Waals surface area contributed by atoms with E-state index in [4.69, 9.17) is 10.2 Å². The molecule has 0 radical (unpaired) electrons. The van der Waals surface area contributed by atoms with E-state index in [0.717, 1.165) is 10.8 Å². The highest BCUT2D eigenvalue weighted by Crippen LogP contribution is 2.31. The molecule has 1 atom stereocenters. The summed E-state index contributed by atoms with van der Waals surface area (Å²) in [5.74, 6) is -2.30.